The van der Waals surface area contributed by atoms with Crippen LogP contribution >= 0.6 is 0 Å². The van der Waals surface area contributed by atoms with E-state index in [1.165, 1.54) is 18.3 Å². The van der Waals surface area contributed by atoms with E-state index in [-0.39, 0.29) is 23.2 Å². The zero-order chi connectivity index (χ0) is 28.0. The molecule has 1 heterocycles. The third kappa shape index (κ3) is 8.66. The lowest BCUT2D eigenvalue weighted by molar-refractivity contribution is 0.151. The number of hydrogen-bond acceptors (Lipinski definition) is 5. The van der Waals surface area contributed by atoms with Crippen LogP contribution in [0.5, 0.6) is 11.5 Å². The van der Waals surface area contributed by atoms with E-state index >= 15 is 0 Å². The topological polar surface area (TPSA) is 73.5 Å². The van der Waals surface area contributed by atoms with Crippen LogP contribution in [0.15, 0.2) is 59.7 Å². The van der Waals surface area contributed by atoms with Gasteiger partial charge in [-0.1, -0.05) is 38.0 Å². The van der Waals surface area contributed by atoms with Crippen LogP contribution in [-0.2, 0) is 11.3 Å². The predicted molar refractivity (Wildman–Crippen MR) is 148 cm³/mol. The molecule has 1 aromatic heterocycles. The quantitative estimate of drug-likeness (QED) is 0.178. The summed E-state index contributed by atoms with van der Waals surface area (Å²) in [5.74, 6) is 0.947. The third-order valence-electron chi connectivity index (χ3n) is 6.30. The molecule has 8 heteroatoms. The Morgan fingerprint density at radius 2 is 1.56 bits per heavy atom. The molecule has 0 unspecified atom stereocenters. The Balaban J connectivity index is 1.92. The number of methoxy groups -OCH3 is 1. The highest BCUT2D eigenvalue weighted by Gasteiger charge is 2.20. The molecule has 0 saturated heterocycles. The van der Waals surface area contributed by atoms with Gasteiger partial charge in [0.25, 0.3) is 6.43 Å². The summed E-state index contributed by atoms with van der Waals surface area (Å²) >= 11 is 0. The summed E-state index contributed by atoms with van der Waals surface area (Å²) in [7, 11) is 1.69. The number of nitriles is 1. The Kier molecular flexibility index (Phi) is 12.0. The summed E-state index contributed by atoms with van der Waals surface area (Å²) in [5, 5.41) is 9.31. The fourth-order valence-electron chi connectivity index (χ4n) is 4.24. The highest BCUT2D eigenvalue weighted by molar-refractivity contribution is 5.75. The number of ether oxygens (including phenoxy) is 3. The van der Waals surface area contributed by atoms with Crippen molar-refractivity contribution < 1.29 is 23.0 Å². The van der Waals surface area contributed by atoms with Crippen molar-refractivity contribution in [2.45, 2.75) is 58.4 Å². The van der Waals surface area contributed by atoms with Gasteiger partial charge in [-0.2, -0.15) is 5.26 Å². The van der Waals surface area contributed by atoms with Crippen molar-refractivity contribution >= 4 is 0 Å². The molecule has 0 saturated carbocycles. The first kappa shape index (κ1) is 29.9. The molecule has 3 rings (SSSR count). The number of hydrogen-bond donors (Lipinski definition) is 0. The number of benzene rings is 2. The van der Waals surface area contributed by atoms with Gasteiger partial charge in [0.2, 0.25) is 0 Å². The van der Waals surface area contributed by atoms with E-state index in [4.69, 9.17) is 14.2 Å². The van der Waals surface area contributed by atoms with Crippen molar-refractivity contribution in [2.24, 2.45) is 0 Å². The lowest BCUT2D eigenvalue weighted by atomic mass is 9.97. The van der Waals surface area contributed by atoms with Gasteiger partial charge in [-0.05, 0) is 61.1 Å². The SMILES string of the molecule is CCCCOc1ccc(-c2cn(CC#N)cc(-c3cccc(OCCCCCCOC)c3)c2=O)c(C(F)F)c1. The van der Waals surface area contributed by atoms with Gasteiger partial charge in [0.05, 0.1) is 19.3 Å². The van der Waals surface area contributed by atoms with Crippen molar-refractivity contribution in [3.63, 3.8) is 0 Å². The van der Waals surface area contributed by atoms with Crippen LogP contribution in [0, 0.1) is 11.3 Å². The minimum absolute atomic E-state index is 0.0399. The Hall–Kier alpha value is -3.70. The fraction of sp³-hybridized carbons (Fsp3) is 0.419. The second kappa shape index (κ2) is 15.6. The molecule has 0 aliphatic heterocycles. The van der Waals surface area contributed by atoms with E-state index in [2.05, 4.69) is 6.07 Å². The van der Waals surface area contributed by atoms with Gasteiger partial charge in [0.1, 0.15) is 18.0 Å². The second-order valence-electron chi connectivity index (χ2n) is 9.28. The highest BCUT2D eigenvalue weighted by Crippen LogP contribution is 2.34. The molecule has 39 heavy (non-hydrogen) atoms. The van der Waals surface area contributed by atoms with E-state index in [1.54, 1.807) is 42.1 Å². The van der Waals surface area contributed by atoms with Crippen LogP contribution in [0.1, 0.15) is 57.4 Å². The smallest absolute Gasteiger partial charge is 0.264 e. The normalized spacial score (nSPS) is 11.0. The molecule has 3 aromatic rings. The fourth-order valence-corrected chi connectivity index (χ4v) is 4.24. The highest BCUT2D eigenvalue weighted by atomic mass is 19.3. The number of nitrogens with zero attached hydrogens (tertiary/aromatic N) is 2. The van der Waals surface area contributed by atoms with E-state index in [9.17, 15) is 18.8 Å². The van der Waals surface area contributed by atoms with Gasteiger partial charge in [-0.3, -0.25) is 4.79 Å². The summed E-state index contributed by atoms with van der Waals surface area (Å²) in [5.41, 5.74) is 0.415. The monoisotopic (exact) mass is 538 g/mol. The van der Waals surface area contributed by atoms with Crippen LogP contribution in [0.25, 0.3) is 22.3 Å². The summed E-state index contributed by atoms with van der Waals surface area (Å²) in [6.45, 7) is 3.70. The van der Waals surface area contributed by atoms with Crippen molar-refractivity contribution in [2.75, 3.05) is 26.9 Å². The van der Waals surface area contributed by atoms with Gasteiger partial charge in [0, 0.05) is 42.8 Å². The third-order valence-corrected chi connectivity index (χ3v) is 6.30. The molecule has 0 amide bonds. The maximum Gasteiger partial charge on any atom is 0.264 e. The average Bonchev–Trinajstić information content (AvgIpc) is 2.94. The zero-order valence-corrected chi connectivity index (χ0v) is 22.6. The summed E-state index contributed by atoms with van der Waals surface area (Å²) in [6, 6.07) is 13.6. The van der Waals surface area contributed by atoms with E-state index in [1.807, 2.05) is 13.0 Å². The molecule has 0 aliphatic carbocycles. The van der Waals surface area contributed by atoms with Gasteiger partial charge >= 0.3 is 0 Å². The maximum atomic E-state index is 14.1. The first-order valence-electron chi connectivity index (χ1n) is 13.4. The van der Waals surface area contributed by atoms with Gasteiger partial charge in [-0.15, -0.1) is 0 Å². The largest absolute Gasteiger partial charge is 0.494 e. The number of rotatable bonds is 16. The van der Waals surface area contributed by atoms with Gasteiger partial charge in [-0.25, -0.2) is 8.78 Å². The molecule has 0 N–H and O–H groups in total. The minimum Gasteiger partial charge on any atom is -0.494 e. The molecule has 0 aliphatic rings. The van der Waals surface area contributed by atoms with Gasteiger partial charge < -0.3 is 18.8 Å². The van der Waals surface area contributed by atoms with Crippen molar-refractivity contribution in [3.05, 3.63) is 70.6 Å². The Labute approximate surface area is 228 Å². The molecular formula is C31H36F2N2O4. The molecule has 0 atom stereocenters. The van der Waals surface area contributed by atoms with Crippen LogP contribution in [0.3, 0.4) is 0 Å². The maximum absolute atomic E-state index is 14.1. The van der Waals surface area contributed by atoms with Crippen LogP contribution < -0.4 is 14.9 Å². The second-order valence-corrected chi connectivity index (χ2v) is 9.28. The van der Waals surface area contributed by atoms with E-state index in [0.29, 0.717) is 35.8 Å². The van der Waals surface area contributed by atoms with Gasteiger partial charge in [0.15, 0.2) is 5.43 Å². The van der Waals surface area contributed by atoms with Crippen LogP contribution in [-0.4, -0.2) is 31.5 Å². The standard InChI is InChI=1S/C31H36F2N2O4/c1-3-4-17-38-25-12-13-26(27(20-25)31(32)33)29-22-35(15-14-34)21-28(30(29)36)23-10-9-11-24(19-23)39-18-8-6-5-7-16-37-2/h9-13,19-22,31H,3-8,15-18H2,1-2H3. The summed E-state index contributed by atoms with van der Waals surface area (Å²) in [4.78, 5) is 13.7. The minimum atomic E-state index is -2.81. The van der Waals surface area contributed by atoms with Crippen LogP contribution in [0.2, 0.25) is 0 Å². The van der Waals surface area contributed by atoms with Crippen molar-refractivity contribution in [3.8, 4) is 39.8 Å². The van der Waals surface area contributed by atoms with Crippen molar-refractivity contribution in [1.29, 1.82) is 5.26 Å². The summed E-state index contributed by atoms with van der Waals surface area (Å²) < 4.78 is 46.4. The predicted octanol–water partition coefficient (Wildman–Crippen LogP) is 7.41. The molecular weight excluding hydrogens is 502 g/mol. The first-order chi connectivity index (χ1) is 19.0. The number of alkyl halides is 2. The Morgan fingerprint density at radius 1 is 0.872 bits per heavy atom. The molecule has 0 radical (unpaired) electrons. The molecule has 208 valence electrons. The zero-order valence-electron chi connectivity index (χ0n) is 22.6. The summed E-state index contributed by atoms with van der Waals surface area (Å²) in [6.07, 6.45) is 5.95. The number of pyridine rings is 1. The average molecular weight is 539 g/mol. The lowest BCUT2D eigenvalue weighted by Gasteiger charge is -2.15. The molecule has 0 bridgehead atoms. The lowest BCUT2D eigenvalue weighted by Crippen LogP contribution is -2.14. The number of halogens is 2. The number of aromatic nitrogens is 1. The molecule has 0 fully saturated rings. The Morgan fingerprint density at radius 3 is 2.26 bits per heavy atom. The Bertz CT molecular complexity index is 1300. The van der Waals surface area contributed by atoms with E-state index in [0.717, 1.165) is 45.1 Å². The first-order valence-corrected chi connectivity index (χ1v) is 13.4. The molecule has 6 nitrogen and oxygen atoms in total. The number of unbranched alkanes of at least 4 members (excludes halogenated alkanes) is 4. The van der Waals surface area contributed by atoms with E-state index < -0.39 is 11.9 Å². The van der Waals surface area contributed by atoms with Crippen LogP contribution in [0.4, 0.5) is 8.78 Å². The molecule has 2 aromatic carbocycles. The van der Waals surface area contributed by atoms with Crippen molar-refractivity contribution in [1.82, 2.24) is 4.57 Å². The molecule has 0 spiro atoms.